The Kier molecular flexibility index (Phi) is 6.64. The lowest BCUT2D eigenvalue weighted by Crippen LogP contribution is -2.40. The highest BCUT2D eigenvalue weighted by Crippen LogP contribution is 2.28. The second-order valence-corrected chi connectivity index (χ2v) is 9.25. The molecule has 31 heavy (non-hydrogen) atoms. The first-order chi connectivity index (χ1) is 14.6. The summed E-state index contributed by atoms with van der Waals surface area (Å²) >= 11 is 1.20. The number of para-hydroxylation sites is 1. The lowest BCUT2D eigenvalue weighted by atomic mass is 10.2. The molecule has 0 saturated heterocycles. The van der Waals surface area contributed by atoms with E-state index in [0.29, 0.717) is 23.0 Å². The van der Waals surface area contributed by atoms with Crippen LogP contribution in [0.4, 0.5) is 5.69 Å². The topological polar surface area (TPSA) is 90.1 Å². The first-order valence-corrected chi connectivity index (χ1v) is 11.0. The SMILES string of the molecule is Cc1nc(SC(C)C(=O)N(C)c2ccccc2)c2c(=O)n(C)c(=O)n(CC(C)C)c2n1. The molecule has 2 aromatic heterocycles. The van der Waals surface area contributed by atoms with Crippen molar-refractivity contribution in [2.24, 2.45) is 13.0 Å². The number of hydrogen-bond donors (Lipinski definition) is 0. The maximum Gasteiger partial charge on any atom is 0.332 e. The molecule has 2 heterocycles. The minimum absolute atomic E-state index is 0.118. The zero-order valence-corrected chi connectivity index (χ0v) is 19.4. The number of aromatic nitrogens is 4. The maximum atomic E-state index is 13.0. The largest absolute Gasteiger partial charge is 0.332 e. The van der Waals surface area contributed by atoms with Crippen molar-refractivity contribution in [1.29, 1.82) is 0 Å². The summed E-state index contributed by atoms with van der Waals surface area (Å²) in [5, 5.41) is 0.168. The van der Waals surface area contributed by atoms with Crippen LogP contribution in [0.5, 0.6) is 0 Å². The van der Waals surface area contributed by atoms with E-state index in [4.69, 9.17) is 0 Å². The molecule has 0 saturated carbocycles. The summed E-state index contributed by atoms with van der Waals surface area (Å²) in [6, 6.07) is 9.35. The third-order valence-electron chi connectivity index (χ3n) is 4.92. The molecule has 0 fully saturated rings. The Morgan fingerprint density at radius 3 is 2.39 bits per heavy atom. The normalized spacial score (nSPS) is 12.4. The predicted molar refractivity (Wildman–Crippen MR) is 124 cm³/mol. The summed E-state index contributed by atoms with van der Waals surface area (Å²) in [5.74, 6) is 0.508. The number of hydrogen-bond acceptors (Lipinski definition) is 6. The van der Waals surface area contributed by atoms with Crippen LogP contribution in [0, 0.1) is 12.8 Å². The van der Waals surface area contributed by atoms with Crippen molar-refractivity contribution in [1.82, 2.24) is 19.1 Å². The molecule has 9 heteroatoms. The summed E-state index contributed by atoms with van der Waals surface area (Å²) in [5.41, 5.74) is 0.227. The van der Waals surface area contributed by atoms with E-state index in [9.17, 15) is 14.4 Å². The third-order valence-corrected chi connectivity index (χ3v) is 5.99. The van der Waals surface area contributed by atoms with Crippen molar-refractivity contribution >= 4 is 34.4 Å². The van der Waals surface area contributed by atoms with Crippen molar-refractivity contribution < 1.29 is 4.79 Å². The van der Waals surface area contributed by atoms with Gasteiger partial charge in [-0.3, -0.25) is 18.7 Å². The molecule has 0 aliphatic carbocycles. The Bertz CT molecular complexity index is 1230. The molecule has 8 nitrogen and oxygen atoms in total. The van der Waals surface area contributed by atoms with Crippen LogP contribution in [0.3, 0.4) is 0 Å². The zero-order valence-electron chi connectivity index (χ0n) is 18.6. The Hall–Kier alpha value is -2.94. The minimum atomic E-state index is -0.502. The number of thioether (sulfide) groups is 1. The van der Waals surface area contributed by atoms with Gasteiger partial charge >= 0.3 is 5.69 Å². The van der Waals surface area contributed by atoms with E-state index in [1.807, 2.05) is 44.2 Å². The summed E-state index contributed by atoms with van der Waals surface area (Å²) in [7, 11) is 3.17. The Balaban J connectivity index is 2.08. The second-order valence-electron chi connectivity index (χ2n) is 7.92. The lowest BCUT2D eigenvalue weighted by Gasteiger charge is -2.21. The number of nitrogens with zero attached hydrogens (tertiary/aromatic N) is 5. The quantitative estimate of drug-likeness (QED) is 0.431. The molecular weight excluding hydrogens is 414 g/mol. The molecule has 1 aromatic carbocycles. The molecule has 0 radical (unpaired) electrons. The molecule has 1 unspecified atom stereocenters. The van der Waals surface area contributed by atoms with Crippen molar-refractivity contribution in [3.05, 3.63) is 57.0 Å². The van der Waals surface area contributed by atoms with Gasteiger partial charge in [0.05, 0.1) is 5.25 Å². The average molecular weight is 442 g/mol. The van der Waals surface area contributed by atoms with Crippen molar-refractivity contribution in [3.8, 4) is 0 Å². The number of carbonyl (C=O) groups is 1. The highest BCUT2D eigenvalue weighted by molar-refractivity contribution is 8.00. The van der Waals surface area contributed by atoms with E-state index >= 15 is 0 Å². The average Bonchev–Trinajstić information content (AvgIpc) is 2.74. The molecule has 0 bridgehead atoms. The summed E-state index contributed by atoms with van der Waals surface area (Å²) in [4.78, 5) is 49.2. The van der Waals surface area contributed by atoms with Gasteiger partial charge in [-0.05, 0) is 31.9 Å². The monoisotopic (exact) mass is 441 g/mol. The van der Waals surface area contributed by atoms with E-state index in [1.165, 1.54) is 23.4 Å². The number of fused-ring (bicyclic) bond motifs is 1. The fraction of sp³-hybridized carbons (Fsp3) is 0.409. The molecular formula is C22H27N5O3S. The smallest absolute Gasteiger partial charge is 0.315 e. The molecule has 0 N–H and O–H groups in total. The van der Waals surface area contributed by atoms with Gasteiger partial charge in [0.1, 0.15) is 16.2 Å². The number of amides is 1. The number of benzene rings is 1. The maximum absolute atomic E-state index is 13.0. The highest BCUT2D eigenvalue weighted by Gasteiger charge is 2.24. The van der Waals surface area contributed by atoms with E-state index in [2.05, 4.69) is 9.97 Å². The molecule has 0 aliphatic heterocycles. The summed E-state index contributed by atoms with van der Waals surface area (Å²) in [6.07, 6.45) is 0. The van der Waals surface area contributed by atoms with Crippen LogP contribution >= 0.6 is 11.8 Å². The van der Waals surface area contributed by atoms with Crippen LogP contribution < -0.4 is 16.1 Å². The van der Waals surface area contributed by atoms with Crippen LogP contribution in [0.2, 0.25) is 0 Å². The number of anilines is 1. The van der Waals surface area contributed by atoms with Gasteiger partial charge in [-0.2, -0.15) is 0 Å². The van der Waals surface area contributed by atoms with Crippen molar-refractivity contribution in [2.75, 3.05) is 11.9 Å². The van der Waals surface area contributed by atoms with Gasteiger partial charge in [-0.25, -0.2) is 14.8 Å². The Morgan fingerprint density at radius 2 is 1.77 bits per heavy atom. The molecule has 3 rings (SSSR count). The van der Waals surface area contributed by atoms with E-state index in [1.54, 1.807) is 25.8 Å². The van der Waals surface area contributed by atoms with Crippen LogP contribution in [0.25, 0.3) is 11.0 Å². The molecule has 0 spiro atoms. The standard InChI is InChI=1S/C22H27N5O3S/c1-13(2)12-27-18-17(21(29)26(6)22(27)30)19(24-15(4)23-18)31-14(3)20(28)25(5)16-10-8-7-9-11-16/h7-11,13-14H,12H2,1-6H3. The molecule has 164 valence electrons. The van der Waals surface area contributed by atoms with Gasteiger partial charge < -0.3 is 4.90 Å². The molecule has 1 amide bonds. The number of rotatable bonds is 6. The van der Waals surface area contributed by atoms with Gasteiger partial charge in [0.2, 0.25) is 5.91 Å². The first-order valence-electron chi connectivity index (χ1n) is 10.1. The van der Waals surface area contributed by atoms with E-state index in [0.717, 1.165) is 10.3 Å². The fourth-order valence-corrected chi connectivity index (χ4v) is 4.40. The molecule has 1 atom stereocenters. The summed E-state index contributed by atoms with van der Waals surface area (Å²) in [6.45, 7) is 7.91. The Labute approximate surface area is 184 Å². The second kappa shape index (κ2) is 9.05. The third kappa shape index (κ3) is 4.56. The number of aryl methyl sites for hydroxylation is 1. The van der Waals surface area contributed by atoms with Crippen molar-refractivity contribution in [2.45, 2.75) is 44.5 Å². The fourth-order valence-electron chi connectivity index (χ4n) is 3.33. The van der Waals surface area contributed by atoms with E-state index in [-0.39, 0.29) is 17.2 Å². The predicted octanol–water partition coefficient (Wildman–Crippen LogP) is 2.60. The van der Waals surface area contributed by atoms with Crippen LogP contribution in [0.1, 0.15) is 26.6 Å². The van der Waals surface area contributed by atoms with Gasteiger partial charge in [0.25, 0.3) is 5.56 Å². The van der Waals surface area contributed by atoms with Crippen LogP contribution in [0.15, 0.2) is 44.9 Å². The van der Waals surface area contributed by atoms with Gasteiger partial charge in [-0.1, -0.05) is 43.8 Å². The lowest BCUT2D eigenvalue weighted by molar-refractivity contribution is -0.117. The van der Waals surface area contributed by atoms with Gasteiger partial charge in [0, 0.05) is 26.3 Å². The van der Waals surface area contributed by atoms with Gasteiger partial charge in [0.15, 0.2) is 5.65 Å². The molecule has 3 aromatic rings. The van der Waals surface area contributed by atoms with Gasteiger partial charge in [-0.15, -0.1) is 0 Å². The zero-order chi connectivity index (χ0) is 22.9. The highest BCUT2D eigenvalue weighted by atomic mass is 32.2. The van der Waals surface area contributed by atoms with Crippen LogP contribution in [-0.2, 0) is 18.4 Å². The van der Waals surface area contributed by atoms with Crippen molar-refractivity contribution in [3.63, 3.8) is 0 Å². The number of carbonyl (C=O) groups excluding carboxylic acids is 1. The van der Waals surface area contributed by atoms with Crippen LogP contribution in [-0.4, -0.2) is 37.3 Å². The first kappa shape index (κ1) is 22.7. The minimum Gasteiger partial charge on any atom is -0.315 e. The van der Waals surface area contributed by atoms with E-state index < -0.39 is 16.5 Å². The Morgan fingerprint density at radius 1 is 1.13 bits per heavy atom. The summed E-state index contributed by atoms with van der Waals surface area (Å²) < 4.78 is 2.60. The molecule has 0 aliphatic rings.